The van der Waals surface area contributed by atoms with Crippen LogP contribution in [0.5, 0.6) is 0 Å². The second-order valence-electron chi connectivity index (χ2n) is 6.45. The van der Waals surface area contributed by atoms with Gasteiger partial charge in [-0.1, -0.05) is 0 Å². The fraction of sp³-hybridized carbons (Fsp3) is 0.846. The number of amides is 2. The van der Waals surface area contributed by atoms with Gasteiger partial charge in [-0.25, -0.2) is 4.79 Å². The molecule has 0 aromatic rings. The van der Waals surface area contributed by atoms with Gasteiger partial charge in [-0.15, -0.1) is 0 Å². The Bertz CT molecular complexity index is 396. The highest BCUT2D eigenvalue weighted by Crippen LogP contribution is 2.46. The van der Waals surface area contributed by atoms with Crippen molar-refractivity contribution >= 4 is 12.0 Å². The summed E-state index contributed by atoms with van der Waals surface area (Å²) in [5.74, 6) is -1.13. The Hall–Kier alpha value is -1.30. The van der Waals surface area contributed by atoms with Gasteiger partial charge in [0.1, 0.15) is 5.60 Å². The van der Waals surface area contributed by atoms with E-state index in [2.05, 4.69) is 0 Å². The zero-order valence-corrected chi connectivity index (χ0v) is 11.7. The predicted molar refractivity (Wildman–Crippen MR) is 68.0 cm³/mol. The number of aliphatic hydroxyl groups is 1. The molecule has 6 heteroatoms. The summed E-state index contributed by atoms with van der Waals surface area (Å²) >= 11 is 0. The van der Waals surface area contributed by atoms with Crippen molar-refractivity contribution in [3.05, 3.63) is 0 Å². The highest BCUT2D eigenvalue weighted by atomic mass is 16.6. The zero-order chi connectivity index (χ0) is 14.4. The van der Waals surface area contributed by atoms with Crippen molar-refractivity contribution in [2.45, 2.75) is 63.8 Å². The normalized spacial score (nSPS) is 22.5. The Morgan fingerprint density at radius 3 is 2.05 bits per heavy atom. The number of ether oxygens (including phenoxy) is 1. The second-order valence-corrected chi connectivity index (χ2v) is 6.45. The highest BCUT2D eigenvalue weighted by Gasteiger charge is 2.59. The minimum Gasteiger partial charge on any atom is -0.444 e. The van der Waals surface area contributed by atoms with Crippen LogP contribution in [0.25, 0.3) is 0 Å². The summed E-state index contributed by atoms with van der Waals surface area (Å²) in [6.45, 7) is 5.24. The summed E-state index contributed by atoms with van der Waals surface area (Å²) < 4.78 is 5.29. The average molecular weight is 270 g/mol. The third kappa shape index (κ3) is 2.83. The molecule has 0 aliphatic heterocycles. The molecule has 0 saturated heterocycles. The summed E-state index contributed by atoms with van der Waals surface area (Å²) in [6.07, 6.45) is 2.27. The van der Waals surface area contributed by atoms with Crippen LogP contribution in [0.3, 0.4) is 0 Å². The molecule has 3 N–H and O–H groups in total. The van der Waals surface area contributed by atoms with Crippen molar-refractivity contribution in [1.29, 1.82) is 0 Å². The number of primary amides is 1. The maximum atomic E-state index is 12.3. The third-order valence-corrected chi connectivity index (χ3v) is 3.38. The van der Waals surface area contributed by atoms with Gasteiger partial charge in [0.2, 0.25) is 5.72 Å². The monoisotopic (exact) mass is 270 g/mol. The Labute approximate surface area is 112 Å². The summed E-state index contributed by atoms with van der Waals surface area (Å²) in [5, 5.41) is 10.6. The number of nitrogens with two attached hydrogens (primary N) is 1. The molecule has 0 spiro atoms. The number of carbonyl (C=O) groups is 2. The Kier molecular flexibility index (Phi) is 3.24. The molecule has 2 rings (SSSR count). The molecule has 2 saturated carbocycles. The van der Waals surface area contributed by atoms with E-state index in [0.29, 0.717) is 12.8 Å². The van der Waals surface area contributed by atoms with E-state index in [0.717, 1.165) is 17.7 Å². The van der Waals surface area contributed by atoms with Crippen LogP contribution < -0.4 is 5.73 Å². The lowest BCUT2D eigenvalue weighted by molar-refractivity contribution is -0.165. The standard InChI is InChI=1S/C13H22N2O4/c1-12(2,3)19-11(17)15(9-6-7-9)13(18,10(14)16)8-4-5-8/h8-9,18H,4-7H2,1-3H3,(H2,14,16). The van der Waals surface area contributed by atoms with Gasteiger partial charge in [-0.05, 0) is 46.5 Å². The molecule has 0 heterocycles. The zero-order valence-electron chi connectivity index (χ0n) is 11.7. The van der Waals surface area contributed by atoms with Gasteiger partial charge in [0, 0.05) is 12.0 Å². The summed E-state index contributed by atoms with van der Waals surface area (Å²) in [5.41, 5.74) is 2.77. The fourth-order valence-corrected chi connectivity index (χ4v) is 2.21. The number of rotatable bonds is 4. The van der Waals surface area contributed by atoms with E-state index in [1.165, 1.54) is 0 Å². The van der Waals surface area contributed by atoms with Gasteiger partial charge in [0.05, 0.1) is 0 Å². The first-order valence-electron chi connectivity index (χ1n) is 6.71. The van der Waals surface area contributed by atoms with Crippen molar-refractivity contribution < 1.29 is 19.4 Å². The van der Waals surface area contributed by atoms with Crippen molar-refractivity contribution in [1.82, 2.24) is 4.90 Å². The van der Waals surface area contributed by atoms with Crippen LogP contribution in [-0.2, 0) is 9.53 Å². The number of carbonyl (C=O) groups excluding carboxylic acids is 2. The van der Waals surface area contributed by atoms with Crippen LogP contribution in [0.2, 0.25) is 0 Å². The Morgan fingerprint density at radius 1 is 1.21 bits per heavy atom. The summed E-state index contributed by atoms with van der Waals surface area (Å²) in [4.78, 5) is 25.1. The van der Waals surface area contributed by atoms with E-state index >= 15 is 0 Å². The van der Waals surface area contributed by atoms with Crippen molar-refractivity contribution in [3.8, 4) is 0 Å². The first-order chi connectivity index (χ1) is 8.66. The largest absolute Gasteiger partial charge is 0.444 e. The van der Waals surface area contributed by atoms with Crippen LogP contribution >= 0.6 is 0 Å². The molecule has 2 aliphatic carbocycles. The quantitative estimate of drug-likeness (QED) is 0.744. The van der Waals surface area contributed by atoms with E-state index < -0.39 is 23.3 Å². The molecule has 0 radical (unpaired) electrons. The van der Waals surface area contributed by atoms with Gasteiger partial charge >= 0.3 is 6.09 Å². The minimum atomic E-state index is -1.90. The molecule has 108 valence electrons. The summed E-state index contributed by atoms with van der Waals surface area (Å²) in [6, 6.07) is -0.145. The van der Waals surface area contributed by atoms with Crippen molar-refractivity contribution in [2.75, 3.05) is 0 Å². The van der Waals surface area contributed by atoms with Gasteiger partial charge in [0.25, 0.3) is 5.91 Å². The van der Waals surface area contributed by atoms with Crippen molar-refractivity contribution in [2.24, 2.45) is 11.7 Å². The minimum absolute atomic E-state index is 0.145. The molecule has 6 nitrogen and oxygen atoms in total. The molecule has 0 bridgehead atoms. The molecule has 1 atom stereocenters. The summed E-state index contributed by atoms with van der Waals surface area (Å²) in [7, 11) is 0. The fourth-order valence-electron chi connectivity index (χ4n) is 2.21. The molecule has 1 unspecified atom stereocenters. The van der Waals surface area contributed by atoms with Crippen LogP contribution in [0, 0.1) is 5.92 Å². The molecule has 19 heavy (non-hydrogen) atoms. The highest BCUT2D eigenvalue weighted by molar-refractivity contribution is 5.88. The number of hydrogen-bond acceptors (Lipinski definition) is 4. The van der Waals surface area contributed by atoms with Crippen LogP contribution in [0.1, 0.15) is 46.5 Å². The molecule has 0 aromatic heterocycles. The van der Waals surface area contributed by atoms with Crippen LogP contribution in [0.4, 0.5) is 4.79 Å². The lowest BCUT2D eigenvalue weighted by Gasteiger charge is -2.38. The second kappa shape index (κ2) is 4.37. The van der Waals surface area contributed by atoms with E-state index in [9.17, 15) is 14.7 Å². The first-order valence-corrected chi connectivity index (χ1v) is 6.71. The van der Waals surface area contributed by atoms with Gasteiger partial charge < -0.3 is 15.6 Å². The van der Waals surface area contributed by atoms with E-state index in [-0.39, 0.29) is 12.0 Å². The van der Waals surface area contributed by atoms with Gasteiger partial charge in [0.15, 0.2) is 0 Å². The molecular formula is C13H22N2O4. The molecule has 2 amide bonds. The molecule has 0 aromatic carbocycles. The maximum absolute atomic E-state index is 12.3. The number of nitrogens with zero attached hydrogens (tertiary/aromatic N) is 1. The average Bonchev–Trinajstić information content (AvgIpc) is 3.09. The molecule has 2 fully saturated rings. The first kappa shape index (κ1) is 14.1. The van der Waals surface area contributed by atoms with Gasteiger partial charge in [-0.3, -0.25) is 9.69 Å². The Balaban J connectivity index is 2.23. The third-order valence-electron chi connectivity index (χ3n) is 3.38. The van der Waals surface area contributed by atoms with E-state index in [1.54, 1.807) is 20.8 Å². The Morgan fingerprint density at radius 2 is 1.74 bits per heavy atom. The van der Waals surface area contributed by atoms with Gasteiger partial charge in [-0.2, -0.15) is 0 Å². The maximum Gasteiger partial charge on any atom is 0.413 e. The molecular weight excluding hydrogens is 248 g/mol. The van der Waals surface area contributed by atoms with E-state index in [4.69, 9.17) is 10.5 Å². The van der Waals surface area contributed by atoms with Crippen LogP contribution in [-0.4, -0.2) is 39.4 Å². The van der Waals surface area contributed by atoms with Crippen LogP contribution in [0.15, 0.2) is 0 Å². The lowest BCUT2D eigenvalue weighted by Crippen LogP contribution is -2.62. The molecule has 2 aliphatic rings. The predicted octanol–water partition coefficient (Wildman–Crippen LogP) is 0.970. The smallest absolute Gasteiger partial charge is 0.413 e. The van der Waals surface area contributed by atoms with Crippen molar-refractivity contribution in [3.63, 3.8) is 0 Å². The topological polar surface area (TPSA) is 92.9 Å². The van der Waals surface area contributed by atoms with E-state index in [1.807, 2.05) is 0 Å². The number of hydrogen-bond donors (Lipinski definition) is 2. The SMILES string of the molecule is CC(C)(C)OC(=O)N(C1CC1)C(O)(C(N)=O)C1CC1. The lowest BCUT2D eigenvalue weighted by atomic mass is 10.1.